The monoisotopic (exact) mass is 244 g/mol. The predicted molar refractivity (Wildman–Crippen MR) is 63.7 cm³/mol. The van der Waals surface area contributed by atoms with Gasteiger partial charge in [-0.3, -0.25) is 4.79 Å². The van der Waals surface area contributed by atoms with Crippen LogP contribution < -0.4 is 5.73 Å². The van der Waals surface area contributed by atoms with Crippen LogP contribution in [0, 0.1) is 0 Å². The molecule has 2 N–H and O–H groups in total. The van der Waals surface area contributed by atoms with Crippen molar-refractivity contribution in [3.63, 3.8) is 0 Å². The number of anilines is 1. The number of ketones is 1. The number of thioether (sulfide) groups is 1. The molecule has 0 aliphatic heterocycles. The van der Waals surface area contributed by atoms with E-state index < -0.39 is 0 Å². The Hall–Kier alpha value is -0.590. The number of rotatable bonds is 2. The lowest BCUT2D eigenvalue weighted by atomic mass is 10.3. The lowest BCUT2D eigenvalue weighted by molar-refractivity contribution is 0.102. The van der Waals surface area contributed by atoms with E-state index in [1.807, 2.05) is 6.26 Å². The molecule has 2 aromatic rings. The zero-order chi connectivity index (χ0) is 10.3. The summed E-state index contributed by atoms with van der Waals surface area (Å²) in [6.07, 6.45) is 1.96. The Labute approximate surface area is 93.5 Å². The van der Waals surface area contributed by atoms with Gasteiger partial charge < -0.3 is 5.73 Å². The molecular formula is C8H8N2OS3. The van der Waals surface area contributed by atoms with Crippen LogP contribution in [0.15, 0.2) is 5.03 Å². The van der Waals surface area contributed by atoms with Crippen molar-refractivity contribution in [3.05, 3.63) is 4.88 Å². The van der Waals surface area contributed by atoms with Crippen LogP contribution in [0.3, 0.4) is 0 Å². The Balaban J connectivity index is 2.75. The molecule has 0 fully saturated rings. The molecule has 0 radical (unpaired) electrons. The van der Waals surface area contributed by atoms with Crippen molar-refractivity contribution < 1.29 is 4.79 Å². The van der Waals surface area contributed by atoms with E-state index >= 15 is 0 Å². The van der Waals surface area contributed by atoms with Crippen LogP contribution in [-0.2, 0) is 0 Å². The van der Waals surface area contributed by atoms with Gasteiger partial charge in [0.15, 0.2) is 5.78 Å². The van der Waals surface area contributed by atoms with Crippen molar-refractivity contribution in [1.29, 1.82) is 0 Å². The standard InChI is InChI=1S/C8H8N2OS3/c1-3(11)6-5(9)4-7(12-2)10-14-8(4)13-6/h9H2,1-2H3. The molecule has 0 atom stereocenters. The Morgan fingerprint density at radius 3 is 2.86 bits per heavy atom. The molecule has 0 aliphatic rings. The van der Waals surface area contributed by atoms with Gasteiger partial charge in [-0.1, -0.05) is 0 Å². The Kier molecular flexibility index (Phi) is 2.50. The highest BCUT2D eigenvalue weighted by Crippen LogP contribution is 2.41. The maximum Gasteiger partial charge on any atom is 0.171 e. The molecule has 74 valence electrons. The van der Waals surface area contributed by atoms with Crippen molar-refractivity contribution in [1.82, 2.24) is 4.37 Å². The van der Waals surface area contributed by atoms with Crippen LogP contribution in [0.1, 0.15) is 16.6 Å². The molecular weight excluding hydrogens is 236 g/mol. The molecule has 0 unspecified atom stereocenters. The summed E-state index contributed by atoms with van der Waals surface area (Å²) >= 11 is 4.40. The smallest absolute Gasteiger partial charge is 0.171 e. The number of nitrogens with two attached hydrogens (primary N) is 1. The molecule has 0 saturated heterocycles. The molecule has 0 amide bonds. The Morgan fingerprint density at radius 1 is 1.57 bits per heavy atom. The zero-order valence-corrected chi connectivity index (χ0v) is 10.1. The van der Waals surface area contributed by atoms with Gasteiger partial charge in [0, 0.05) is 6.92 Å². The summed E-state index contributed by atoms with van der Waals surface area (Å²) in [5.41, 5.74) is 6.50. The third-order valence-corrected chi connectivity index (χ3v) is 4.87. The normalized spacial score (nSPS) is 11.0. The van der Waals surface area contributed by atoms with Gasteiger partial charge in [0.25, 0.3) is 0 Å². The summed E-state index contributed by atoms with van der Waals surface area (Å²) < 4.78 is 5.30. The SMILES string of the molecule is CSc1nsc2sc(C(C)=O)c(N)c12. The van der Waals surface area contributed by atoms with Gasteiger partial charge in [-0.2, -0.15) is 4.37 Å². The molecule has 3 nitrogen and oxygen atoms in total. The summed E-state index contributed by atoms with van der Waals surface area (Å²) in [6.45, 7) is 1.54. The van der Waals surface area contributed by atoms with E-state index in [2.05, 4.69) is 4.37 Å². The molecule has 2 heterocycles. The first kappa shape index (κ1) is 9.95. The minimum absolute atomic E-state index is 0.0305. The number of aromatic nitrogens is 1. The van der Waals surface area contributed by atoms with Gasteiger partial charge in [-0.05, 0) is 17.8 Å². The molecule has 0 spiro atoms. The maximum atomic E-state index is 11.2. The third kappa shape index (κ3) is 1.34. The van der Waals surface area contributed by atoms with Crippen LogP contribution in [0.4, 0.5) is 5.69 Å². The minimum Gasteiger partial charge on any atom is -0.397 e. The number of carbonyl (C=O) groups excluding carboxylic acids is 1. The van der Waals surface area contributed by atoms with E-state index in [0.717, 1.165) is 14.4 Å². The number of hydrogen-bond donors (Lipinski definition) is 1. The fraction of sp³-hybridized carbons (Fsp3) is 0.250. The zero-order valence-electron chi connectivity index (χ0n) is 7.66. The first-order valence-corrected chi connectivity index (χ1v) is 6.69. The summed E-state index contributed by atoms with van der Waals surface area (Å²) in [6, 6.07) is 0. The Bertz CT molecular complexity index is 500. The van der Waals surface area contributed by atoms with E-state index in [1.54, 1.807) is 11.8 Å². The number of Topliss-reactive ketones (excluding diaryl/α,β-unsaturated/α-hetero) is 1. The molecule has 2 aromatic heterocycles. The van der Waals surface area contributed by atoms with Crippen molar-refractivity contribution in [2.75, 3.05) is 12.0 Å². The van der Waals surface area contributed by atoms with Gasteiger partial charge in [-0.15, -0.1) is 23.1 Å². The number of carbonyl (C=O) groups is 1. The van der Waals surface area contributed by atoms with Gasteiger partial charge in [0.1, 0.15) is 9.04 Å². The highest BCUT2D eigenvalue weighted by Gasteiger charge is 2.18. The van der Waals surface area contributed by atoms with Crippen molar-refractivity contribution in [2.45, 2.75) is 11.9 Å². The molecule has 0 aliphatic carbocycles. The Morgan fingerprint density at radius 2 is 2.29 bits per heavy atom. The van der Waals surface area contributed by atoms with E-state index in [-0.39, 0.29) is 5.78 Å². The average Bonchev–Trinajstić information content (AvgIpc) is 2.66. The molecule has 6 heteroatoms. The second-order valence-corrected chi connectivity index (χ2v) is 5.60. The quantitative estimate of drug-likeness (QED) is 0.652. The molecule has 14 heavy (non-hydrogen) atoms. The topological polar surface area (TPSA) is 56.0 Å². The van der Waals surface area contributed by atoms with Crippen molar-refractivity contribution >= 4 is 55.5 Å². The van der Waals surface area contributed by atoms with Crippen LogP contribution in [0.5, 0.6) is 0 Å². The highest BCUT2D eigenvalue weighted by atomic mass is 32.2. The van der Waals surface area contributed by atoms with Crippen LogP contribution in [-0.4, -0.2) is 16.4 Å². The molecule has 0 aromatic carbocycles. The lowest BCUT2D eigenvalue weighted by Crippen LogP contribution is -1.94. The fourth-order valence-electron chi connectivity index (χ4n) is 1.22. The first-order chi connectivity index (χ1) is 6.65. The van der Waals surface area contributed by atoms with Crippen LogP contribution in [0.25, 0.3) is 9.40 Å². The molecule has 2 rings (SSSR count). The van der Waals surface area contributed by atoms with Gasteiger partial charge >= 0.3 is 0 Å². The number of nitrogens with zero attached hydrogens (tertiary/aromatic N) is 1. The van der Waals surface area contributed by atoms with Gasteiger partial charge in [0.05, 0.1) is 16.0 Å². The van der Waals surface area contributed by atoms with Crippen molar-refractivity contribution in [2.24, 2.45) is 0 Å². The maximum absolute atomic E-state index is 11.2. The van der Waals surface area contributed by atoms with Crippen molar-refractivity contribution in [3.8, 4) is 0 Å². The van der Waals surface area contributed by atoms with Crippen LogP contribution in [0.2, 0.25) is 0 Å². The summed E-state index contributed by atoms with van der Waals surface area (Å²) in [7, 11) is 0. The second-order valence-electron chi connectivity index (χ2n) is 2.76. The summed E-state index contributed by atoms with van der Waals surface area (Å²) in [5.74, 6) is 0.0305. The van der Waals surface area contributed by atoms with Crippen LogP contribution >= 0.6 is 34.6 Å². The summed E-state index contributed by atoms with van der Waals surface area (Å²) in [5, 5.41) is 1.88. The van der Waals surface area contributed by atoms with E-state index in [0.29, 0.717) is 10.6 Å². The minimum atomic E-state index is 0.0305. The second kappa shape index (κ2) is 3.52. The number of fused-ring (bicyclic) bond motifs is 1. The fourth-order valence-corrected chi connectivity index (χ4v) is 4.09. The predicted octanol–water partition coefficient (Wildman–Crippen LogP) is 2.86. The number of thiophene rings is 1. The molecule has 0 bridgehead atoms. The number of hydrogen-bond acceptors (Lipinski definition) is 6. The third-order valence-electron chi connectivity index (χ3n) is 1.85. The average molecular weight is 244 g/mol. The van der Waals surface area contributed by atoms with E-state index in [4.69, 9.17) is 5.73 Å². The van der Waals surface area contributed by atoms with E-state index in [1.165, 1.54) is 29.8 Å². The first-order valence-electron chi connectivity index (χ1n) is 3.87. The van der Waals surface area contributed by atoms with E-state index in [9.17, 15) is 4.79 Å². The van der Waals surface area contributed by atoms with Gasteiger partial charge in [0.2, 0.25) is 0 Å². The summed E-state index contributed by atoms with van der Waals surface area (Å²) in [4.78, 5) is 11.9. The highest BCUT2D eigenvalue weighted by molar-refractivity contribution is 7.98. The molecule has 0 saturated carbocycles. The number of nitrogen functional groups attached to an aromatic ring is 1. The largest absolute Gasteiger partial charge is 0.397 e. The van der Waals surface area contributed by atoms with Gasteiger partial charge in [-0.25, -0.2) is 0 Å². The lowest BCUT2D eigenvalue weighted by Gasteiger charge is -1.93.